The Balaban J connectivity index is 5.37. The van der Waals surface area contributed by atoms with Crippen LogP contribution in [0.4, 0.5) is 0 Å². The van der Waals surface area contributed by atoms with E-state index < -0.39 is 97.5 Å². The number of ether oxygens (including phenoxy) is 4. The van der Waals surface area contributed by atoms with Crippen LogP contribution in [-0.2, 0) is 65.4 Å². The highest BCUT2D eigenvalue weighted by atomic mass is 31.2. The van der Waals surface area contributed by atoms with Crippen LogP contribution in [0.5, 0.6) is 0 Å². The zero-order valence-electron chi connectivity index (χ0n) is 58.6. The molecular weight excluding hydrogens is 1230 g/mol. The van der Waals surface area contributed by atoms with Crippen molar-refractivity contribution >= 4 is 39.5 Å². The molecule has 3 N–H and O–H groups in total. The second-order valence-electron chi connectivity index (χ2n) is 23.8. The summed E-state index contributed by atoms with van der Waals surface area (Å²) in [4.78, 5) is 72.6. The lowest BCUT2D eigenvalue weighted by molar-refractivity contribution is -0.161. The highest BCUT2D eigenvalue weighted by Gasteiger charge is 2.30. The van der Waals surface area contributed by atoms with Crippen LogP contribution < -0.4 is 0 Å². The van der Waals surface area contributed by atoms with E-state index in [1.54, 1.807) is 0 Å². The van der Waals surface area contributed by atoms with E-state index in [2.05, 4.69) is 137 Å². The quantitative estimate of drug-likeness (QED) is 0.0169. The zero-order valence-corrected chi connectivity index (χ0v) is 60.4. The molecule has 0 bridgehead atoms. The van der Waals surface area contributed by atoms with Crippen LogP contribution in [0, 0.1) is 0 Å². The van der Waals surface area contributed by atoms with E-state index in [1.807, 2.05) is 0 Å². The molecule has 0 aliphatic rings. The summed E-state index contributed by atoms with van der Waals surface area (Å²) in [6, 6.07) is 0. The molecule has 0 amide bonds. The molecule has 0 saturated heterocycles. The lowest BCUT2D eigenvalue weighted by atomic mass is 10.1. The molecule has 0 aliphatic carbocycles. The number of unbranched alkanes of at least 4 members (excludes halogenated alkanes) is 23. The van der Waals surface area contributed by atoms with Gasteiger partial charge in [0.25, 0.3) is 0 Å². The maximum atomic E-state index is 13.0. The van der Waals surface area contributed by atoms with Gasteiger partial charge < -0.3 is 33.8 Å². The first-order valence-electron chi connectivity index (χ1n) is 36.1. The van der Waals surface area contributed by atoms with Crippen molar-refractivity contribution < 1.29 is 80.2 Å². The van der Waals surface area contributed by atoms with Gasteiger partial charge in [-0.05, 0) is 122 Å². The summed E-state index contributed by atoms with van der Waals surface area (Å²) in [6.07, 6.45) is 69.6. The first-order chi connectivity index (χ1) is 45.7. The molecule has 0 aromatic rings. The molecule has 5 atom stereocenters. The van der Waals surface area contributed by atoms with Crippen LogP contribution in [0.15, 0.2) is 109 Å². The van der Waals surface area contributed by atoms with Gasteiger partial charge in [-0.15, -0.1) is 0 Å². The predicted octanol–water partition coefficient (Wildman–Crippen LogP) is 20.2. The van der Waals surface area contributed by atoms with Gasteiger partial charge in [0.2, 0.25) is 0 Å². The van der Waals surface area contributed by atoms with Gasteiger partial charge in [0, 0.05) is 25.7 Å². The molecule has 94 heavy (non-hydrogen) atoms. The van der Waals surface area contributed by atoms with Crippen LogP contribution in [-0.4, -0.2) is 96.7 Å². The minimum atomic E-state index is -4.98. The normalized spacial score (nSPS) is 14.7. The van der Waals surface area contributed by atoms with Crippen LogP contribution in [0.25, 0.3) is 0 Å². The van der Waals surface area contributed by atoms with E-state index in [0.29, 0.717) is 25.7 Å². The topological polar surface area (TPSA) is 237 Å². The van der Waals surface area contributed by atoms with Crippen molar-refractivity contribution in [3.8, 4) is 0 Å². The van der Waals surface area contributed by atoms with Crippen molar-refractivity contribution in [3.05, 3.63) is 109 Å². The number of esters is 4. The van der Waals surface area contributed by atoms with Gasteiger partial charge in [0.1, 0.15) is 19.3 Å². The molecule has 5 unspecified atom stereocenters. The number of rotatable bonds is 67. The summed E-state index contributed by atoms with van der Waals surface area (Å²) < 4.78 is 68.2. The summed E-state index contributed by atoms with van der Waals surface area (Å²) in [5.41, 5.74) is 0. The highest BCUT2D eigenvalue weighted by molar-refractivity contribution is 7.47. The van der Waals surface area contributed by atoms with Gasteiger partial charge in [-0.2, -0.15) is 0 Å². The number of hydrogen-bond donors (Lipinski definition) is 3. The molecule has 0 fully saturated rings. The Labute approximate surface area is 569 Å². The standard InChI is InChI=1S/C75H128O17P2/c1-5-9-13-17-21-25-29-32-34-37-40-43-47-51-55-59-72(77)85-65-70(91-74(79)61-57-53-49-45-39-28-24-20-16-12-8-4)67-89-93(81,82)87-63-69(76)64-88-94(83,84)90-68-71(92-75(80)62-58-54-50-46-42-36-31-27-23-19-15-11-7-3)66-86-73(78)60-56-52-48-44-41-38-35-33-30-26-22-18-14-10-6-2/h9-10,13-15,19,21-22,25-27,31-35,40,43,69-71,76H,5-8,11-12,16-18,20,23-24,28-30,36-39,41-42,44-68H2,1-4H3,(H,81,82)(H,83,84)/b13-9-,14-10-,19-15-,25-21-,26-22-,31-27-,34-32-,35-33-,43-40-. The Kier molecular flexibility index (Phi) is 64.2. The number of hydrogen-bond acceptors (Lipinski definition) is 15. The van der Waals surface area contributed by atoms with Crippen molar-refractivity contribution in [3.63, 3.8) is 0 Å². The number of phosphoric acid groups is 2. The van der Waals surface area contributed by atoms with Gasteiger partial charge in [-0.25, -0.2) is 9.13 Å². The van der Waals surface area contributed by atoms with E-state index in [4.69, 9.17) is 37.0 Å². The molecule has 540 valence electrons. The Morgan fingerprint density at radius 2 is 0.574 bits per heavy atom. The Morgan fingerprint density at radius 3 is 0.915 bits per heavy atom. The molecule has 0 saturated carbocycles. The fraction of sp³-hybridized carbons (Fsp3) is 0.707. The first-order valence-corrected chi connectivity index (χ1v) is 39.1. The van der Waals surface area contributed by atoms with Crippen molar-refractivity contribution in [1.29, 1.82) is 0 Å². The third-order valence-electron chi connectivity index (χ3n) is 14.7. The van der Waals surface area contributed by atoms with Crippen LogP contribution >= 0.6 is 15.6 Å². The monoisotopic (exact) mass is 1360 g/mol. The number of phosphoric ester groups is 2. The second kappa shape index (κ2) is 67.3. The van der Waals surface area contributed by atoms with Crippen LogP contribution in [0.1, 0.15) is 285 Å². The van der Waals surface area contributed by atoms with Gasteiger partial charge >= 0.3 is 39.5 Å². The molecule has 19 heteroatoms. The minimum Gasteiger partial charge on any atom is -0.462 e. The summed E-state index contributed by atoms with van der Waals surface area (Å²) in [5.74, 6) is -2.25. The fourth-order valence-electron chi connectivity index (χ4n) is 9.26. The number of aliphatic hydroxyl groups is 1. The van der Waals surface area contributed by atoms with E-state index in [1.165, 1.54) is 38.5 Å². The third kappa shape index (κ3) is 66.3. The first kappa shape index (κ1) is 89.7. The lowest BCUT2D eigenvalue weighted by Crippen LogP contribution is -2.30. The molecule has 0 radical (unpaired) electrons. The summed E-state index contributed by atoms with van der Waals surface area (Å²) in [7, 11) is -9.96. The number of carbonyl (C=O) groups is 4. The Morgan fingerprint density at radius 1 is 0.309 bits per heavy atom. The molecule has 0 rings (SSSR count). The number of aliphatic hydroxyl groups excluding tert-OH is 1. The van der Waals surface area contributed by atoms with Gasteiger partial charge in [0.15, 0.2) is 12.2 Å². The molecule has 0 spiro atoms. The molecule has 17 nitrogen and oxygen atoms in total. The largest absolute Gasteiger partial charge is 0.472 e. The van der Waals surface area contributed by atoms with Gasteiger partial charge in [-0.1, -0.05) is 246 Å². The molecule has 0 aliphatic heterocycles. The SMILES string of the molecule is CC/C=C\C/C=C\C/C=C\C/C=C\CCCCC(=O)OCC(COP(=O)(O)OCC(O)COP(=O)(O)OCC(COC(=O)CCCCCCC/C=C\C/C=C\C/C=C\CC)OC(=O)CCCCCCC/C=C\C/C=C\CCC)OC(=O)CCCCCCCCCCCCC. The summed E-state index contributed by atoms with van der Waals surface area (Å²) in [5, 5.41) is 10.6. The maximum Gasteiger partial charge on any atom is 0.472 e. The Hall–Kier alpha value is -4.28. The van der Waals surface area contributed by atoms with Crippen LogP contribution in [0.3, 0.4) is 0 Å². The number of allylic oxidation sites excluding steroid dienone is 18. The van der Waals surface area contributed by atoms with E-state index in [0.717, 1.165) is 167 Å². The van der Waals surface area contributed by atoms with Gasteiger partial charge in [0.05, 0.1) is 26.4 Å². The predicted molar refractivity (Wildman–Crippen MR) is 381 cm³/mol. The molecule has 0 aromatic heterocycles. The van der Waals surface area contributed by atoms with Crippen LogP contribution in [0.2, 0.25) is 0 Å². The molecule has 0 heterocycles. The smallest absolute Gasteiger partial charge is 0.462 e. The molecular formula is C75H128O17P2. The zero-order chi connectivity index (χ0) is 69.0. The van der Waals surface area contributed by atoms with Crippen molar-refractivity contribution in [2.45, 2.75) is 303 Å². The summed E-state index contributed by atoms with van der Waals surface area (Å²) in [6.45, 7) is 4.48. The van der Waals surface area contributed by atoms with Crippen molar-refractivity contribution in [1.82, 2.24) is 0 Å². The van der Waals surface area contributed by atoms with Crippen molar-refractivity contribution in [2.24, 2.45) is 0 Å². The maximum absolute atomic E-state index is 13.0. The van der Waals surface area contributed by atoms with Crippen molar-refractivity contribution in [2.75, 3.05) is 39.6 Å². The Bertz CT molecular complexity index is 2220. The highest BCUT2D eigenvalue weighted by Crippen LogP contribution is 2.45. The van der Waals surface area contributed by atoms with E-state index in [9.17, 15) is 43.2 Å². The lowest BCUT2D eigenvalue weighted by Gasteiger charge is -2.21. The average molecular weight is 1360 g/mol. The number of carbonyl (C=O) groups excluding carboxylic acids is 4. The minimum absolute atomic E-state index is 0.0729. The van der Waals surface area contributed by atoms with E-state index >= 15 is 0 Å². The van der Waals surface area contributed by atoms with Gasteiger partial charge in [-0.3, -0.25) is 37.3 Å². The van der Waals surface area contributed by atoms with E-state index in [-0.39, 0.29) is 25.7 Å². The average Bonchev–Trinajstić information content (AvgIpc) is 1.35. The molecule has 0 aromatic carbocycles. The summed E-state index contributed by atoms with van der Waals surface area (Å²) >= 11 is 0. The second-order valence-corrected chi connectivity index (χ2v) is 26.7. The fourth-order valence-corrected chi connectivity index (χ4v) is 10.8. The third-order valence-corrected chi connectivity index (χ3v) is 16.6.